The molecule has 2 unspecified atom stereocenters. The summed E-state index contributed by atoms with van der Waals surface area (Å²) in [6, 6.07) is 4.06. The van der Waals surface area contributed by atoms with Gasteiger partial charge in [0.15, 0.2) is 0 Å². The molecule has 22 heavy (non-hydrogen) atoms. The van der Waals surface area contributed by atoms with Crippen molar-refractivity contribution in [3.8, 4) is 0 Å². The molecule has 2 N–H and O–H groups in total. The molecule has 0 aliphatic heterocycles. The summed E-state index contributed by atoms with van der Waals surface area (Å²) in [7, 11) is 0. The Balaban J connectivity index is 0.00000141. The number of ether oxygens (including phenoxy) is 1. The molecule has 1 aromatic heterocycles. The van der Waals surface area contributed by atoms with Gasteiger partial charge in [0, 0.05) is 45.0 Å². The second-order valence-electron chi connectivity index (χ2n) is 5.57. The number of pyridine rings is 1. The predicted molar refractivity (Wildman–Crippen MR) is 89.8 cm³/mol. The number of unbranched alkanes of at least 4 members (excludes halogenated alkanes) is 1. The molecule has 0 aromatic carbocycles. The van der Waals surface area contributed by atoms with E-state index >= 15 is 0 Å². The van der Waals surface area contributed by atoms with Gasteiger partial charge in [-0.05, 0) is 49.8 Å². The van der Waals surface area contributed by atoms with Crippen molar-refractivity contribution in [1.29, 1.82) is 0 Å². The summed E-state index contributed by atoms with van der Waals surface area (Å²) in [6.45, 7) is 11.8. The fourth-order valence-electron chi connectivity index (χ4n) is 2.93. The van der Waals surface area contributed by atoms with Gasteiger partial charge in [0.05, 0.1) is 6.10 Å². The van der Waals surface area contributed by atoms with E-state index in [0.717, 1.165) is 31.6 Å². The summed E-state index contributed by atoms with van der Waals surface area (Å²) in [5.41, 5.74) is 8.11. The molecule has 1 saturated carbocycles. The van der Waals surface area contributed by atoms with E-state index in [0.29, 0.717) is 17.8 Å². The van der Waals surface area contributed by atoms with E-state index in [2.05, 4.69) is 31.8 Å². The van der Waals surface area contributed by atoms with Crippen LogP contribution < -0.4 is 5.73 Å². The average Bonchev–Trinajstić information content (AvgIpc) is 2.88. The van der Waals surface area contributed by atoms with Gasteiger partial charge in [0.2, 0.25) is 0 Å². The van der Waals surface area contributed by atoms with E-state index in [9.17, 15) is 0 Å². The monoisotopic (exact) mass is 379 g/mol. The molecule has 4 heteroatoms. The summed E-state index contributed by atoms with van der Waals surface area (Å²) in [5.74, 6) is 1.22. The Kier molecular flexibility index (Phi) is 12.4. The molecule has 3 nitrogen and oxygen atoms in total. The molecule has 2 rings (SSSR count). The zero-order chi connectivity index (χ0) is 15.7. The first-order chi connectivity index (χ1) is 10.2. The van der Waals surface area contributed by atoms with Gasteiger partial charge in [-0.15, -0.1) is 0 Å². The number of rotatable bonds is 6. The molecule has 1 aliphatic rings. The summed E-state index contributed by atoms with van der Waals surface area (Å²) >= 11 is 0. The topological polar surface area (TPSA) is 48.1 Å². The number of nitrogens with two attached hydrogens (primary N) is 1. The van der Waals surface area contributed by atoms with Crippen molar-refractivity contribution in [3.63, 3.8) is 0 Å². The Hall–Kier alpha value is 0.0139. The minimum Gasteiger partial charge on any atom is -0.384 e. The summed E-state index contributed by atoms with van der Waals surface area (Å²) in [5, 5.41) is 0. The van der Waals surface area contributed by atoms with Gasteiger partial charge in [-0.25, -0.2) is 4.98 Å². The Morgan fingerprint density at radius 2 is 2.05 bits per heavy atom. The van der Waals surface area contributed by atoms with Crippen molar-refractivity contribution in [2.24, 2.45) is 5.92 Å². The average molecular weight is 379 g/mol. The number of nitrogen functional groups attached to an aromatic ring is 1. The van der Waals surface area contributed by atoms with Crippen molar-refractivity contribution in [2.45, 2.75) is 58.5 Å². The standard InChI is InChI=1S/C16H25N2O.C2H5.Y/c1-3-4-8-19-15-7-5-6-13(15)11-14-9-12(2)10-16(17)18-14;1-2;/h9-10,13,15H,1,3-8,11H2,2H3,(H2,17,18);1H2,2H3;/q2*-1;. The van der Waals surface area contributed by atoms with Crippen molar-refractivity contribution in [1.82, 2.24) is 4.98 Å². The molecule has 0 amide bonds. The Morgan fingerprint density at radius 1 is 1.32 bits per heavy atom. The van der Waals surface area contributed by atoms with Crippen LogP contribution in [0.5, 0.6) is 0 Å². The van der Waals surface area contributed by atoms with E-state index in [-0.39, 0.29) is 32.7 Å². The number of anilines is 1. The van der Waals surface area contributed by atoms with Crippen molar-refractivity contribution in [3.05, 3.63) is 37.2 Å². The van der Waals surface area contributed by atoms with Crippen LogP contribution in [0.25, 0.3) is 0 Å². The van der Waals surface area contributed by atoms with Gasteiger partial charge in [-0.1, -0.05) is 12.8 Å². The normalized spacial score (nSPS) is 20.0. The molecule has 1 radical (unpaired) electrons. The third kappa shape index (κ3) is 7.52. The van der Waals surface area contributed by atoms with Crippen LogP contribution in [0.1, 0.15) is 50.3 Å². The quantitative estimate of drug-likeness (QED) is 0.597. The van der Waals surface area contributed by atoms with E-state index in [4.69, 9.17) is 10.5 Å². The number of hydrogen-bond acceptors (Lipinski definition) is 3. The molecule has 0 saturated heterocycles. The molecule has 1 fully saturated rings. The van der Waals surface area contributed by atoms with Gasteiger partial charge < -0.3 is 24.3 Å². The first-order valence-electron chi connectivity index (χ1n) is 8.03. The van der Waals surface area contributed by atoms with Crippen molar-refractivity contribution in [2.75, 3.05) is 12.3 Å². The zero-order valence-corrected chi connectivity index (χ0v) is 17.0. The number of hydrogen-bond donors (Lipinski definition) is 1. The van der Waals surface area contributed by atoms with Crippen LogP contribution in [0.4, 0.5) is 5.82 Å². The fourth-order valence-corrected chi connectivity index (χ4v) is 2.93. The summed E-state index contributed by atoms with van der Waals surface area (Å²) < 4.78 is 5.99. The van der Waals surface area contributed by atoms with Gasteiger partial charge in [-0.2, -0.15) is 13.3 Å². The van der Waals surface area contributed by atoms with Crippen LogP contribution in [-0.2, 0) is 43.9 Å². The minimum atomic E-state index is 0. The van der Waals surface area contributed by atoms with E-state index in [1.54, 1.807) is 6.92 Å². The van der Waals surface area contributed by atoms with Crippen LogP contribution in [-0.4, -0.2) is 17.7 Å². The maximum absolute atomic E-state index is 5.99. The zero-order valence-electron chi connectivity index (χ0n) is 14.2. The Morgan fingerprint density at radius 3 is 2.68 bits per heavy atom. The van der Waals surface area contributed by atoms with Gasteiger partial charge >= 0.3 is 0 Å². The maximum Gasteiger partial charge on any atom is 0.123 e. The van der Waals surface area contributed by atoms with Gasteiger partial charge in [-0.3, -0.25) is 0 Å². The molecule has 2 atom stereocenters. The molecule has 1 heterocycles. The molecular formula is C18H30N2OY-2. The maximum atomic E-state index is 5.99. The molecule has 1 aromatic rings. The van der Waals surface area contributed by atoms with Crippen LogP contribution in [0, 0.1) is 26.7 Å². The van der Waals surface area contributed by atoms with Gasteiger partial charge in [0.25, 0.3) is 0 Å². The van der Waals surface area contributed by atoms with Crippen LogP contribution in [0.3, 0.4) is 0 Å². The van der Waals surface area contributed by atoms with Crippen LogP contribution in [0.2, 0.25) is 0 Å². The van der Waals surface area contributed by atoms with E-state index in [1.807, 2.05) is 6.07 Å². The SMILES string of the molecule is [CH2-]C.[CH2-]CCCOC1CCCC1Cc1cc(C)cc(N)n1.[Y]. The Labute approximate surface area is 161 Å². The van der Waals surface area contributed by atoms with Crippen molar-refractivity contribution >= 4 is 5.82 Å². The Bertz CT molecular complexity index is 392. The fraction of sp³-hybridized carbons (Fsp3) is 0.611. The van der Waals surface area contributed by atoms with Crippen LogP contribution >= 0.6 is 0 Å². The third-order valence-corrected chi connectivity index (χ3v) is 3.83. The van der Waals surface area contributed by atoms with Crippen LogP contribution in [0.15, 0.2) is 12.1 Å². The molecule has 123 valence electrons. The minimum absolute atomic E-state index is 0. The third-order valence-electron chi connectivity index (χ3n) is 3.83. The molecule has 1 aliphatic carbocycles. The molecular weight excluding hydrogens is 349 g/mol. The summed E-state index contributed by atoms with van der Waals surface area (Å²) in [4.78, 5) is 4.44. The largest absolute Gasteiger partial charge is 0.384 e. The number of nitrogens with zero attached hydrogens (tertiary/aromatic N) is 1. The molecule has 0 spiro atoms. The number of aryl methyl sites for hydroxylation is 1. The van der Waals surface area contributed by atoms with Gasteiger partial charge in [0.1, 0.15) is 5.82 Å². The van der Waals surface area contributed by atoms with E-state index in [1.165, 1.54) is 24.8 Å². The van der Waals surface area contributed by atoms with E-state index < -0.39 is 0 Å². The molecule has 0 bridgehead atoms. The predicted octanol–water partition coefficient (Wildman–Crippen LogP) is 4.15. The van der Waals surface area contributed by atoms with Crippen molar-refractivity contribution < 1.29 is 37.4 Å². The first-order valence-corrected chi connectivity index (χ1v) is 8.03. The smallest absolute Gasteiger partial charge is 0.123 e. The second-order valence-corrected chi connectivity index (χ2v) is 5.57. The first kappa shape index (κ1) is 22.0. The number of aromatic nitrogens is 1. The second kappa shape index (κ2) is 12.4. The summed E-state index contributed by atoms with van der Waals surface area (Å²) in [6.07, 6.45) is 7.08.